The van der Waals surface area contributed by atoms with Crippen molar-refractivity contribution in [1.82, 2.24) is 4.57 Å². The summed E-state index contributed by atoms with van der Waals surface area (Å²) in [5.74, 6) is 3.28. The Hall–Kier alpha value is -2.51. The van der Waals surface area contributed by atoms with Crippen molar-refractivity contribution in [3.8, 4) is 11.5 Å². The Labute approximate surface area is 177 Å². The van der Waals surface area contributed by atoms with Crippen LogP contribution in [-0.2, 0) is 17.1 Å². The number of amides is 1. The van der Waals surface area contributed by atoms with Gasteiger partial charge in [0.2, 0.25) is 12.7 Å². The first kappa shape index (κ1) is 19.8. The topological polar surface area (TPSA) is 52.8 Å². The zero-order valence-corrected chi connectivity index (χ0v) is 17.6. The Balaban J connectivity index is 1.42. The molecule has 0 fully saturated rings. The standard InChI is InChI=1S/C22H22N2O3S2/c1-2-10-24-17-12-18-19(27-15-26-18)13-20(17)29-22(24)23-21(25)9-6-11-28-14-16-7-4-3-5-8-16/h2-5,7-8,12-13H,1,6,9-11,14-15H2. The molecule has 29 heavy (non-hydrogen) atoms. The molecule has 4 rings (SSSR count). The van der Waals surface area contributed by atoms with E-state index in [2.05, 4.69) is 35.8 Å². The number of allylic oxidation sites excluding steroid dienone is 1. The van der Waals surface area contributed by atoms with E-state index in [1.54, 1.807) is 6.08 Å². The number of hydrogen-bond donors (Lipinski definition) is 0. The number of hydrogen-bond acceptors (Lipinski definition) is 5. The van der Waals surface area contributed by atoms with Crippen LogP contribution in [0.3, 0.4) is 0 Å². The van der Waals surface area contributed by atoms with E-state index in [9.17, 15) is 4.79 Å². The number of carbonyl (C=O) groups excluding carboxylic acids is 1. The van der Waals surface area contributed by atoms with E-state index < -0.39 is 0 Å². The van der Waals surface area contributed by atoms with Gasteiger partial charge >= 0.3 is 0 Å². The zero-order chi connectivity index (χ0) is 20.1. The normalized spacial score (nSPS) is 13.2. The first-order valence-electron chi connectivity index (χ1n) is 9.47. The van der Waals surface area contributed by atoms with Crippen molar-refractivity contribution in [1.29, 1.82) is 0 Å². The summed E-state index contributed by atoms with van der Waals surface area (Å²) in [6, 6.07) is 14.3. The highest BCUT2D eigenvalue weighted by Gasteiger charge is 2.17. The molecule has 2 aromatic carbocycles. The number of carbonyl (C=O) groups is 1. The second kappa shape index (κ2) is 9.33. The molecule has 0 radical (unpaired) electrons. The van der Waals surface area contributed by atoms with E-state index >= 15 is 0 Å². The number of ether oxygens (including phenoxy) is 2. The molecule has 5 nitrogen and oxygen atoms in total. The molecule has 1 aliphatic heterocycles. The molecule has 0 aliphatic carbocycles. The number of thiazole rings is 1. The lowest BCUT2D eigenvalue weighted by molar-refractivity contribution is -0.118. The predicted molar refractivity (Wildman–Crippen MR) is 119 cm³/mol. The third-order valence-corrected chi connectivity index (χ3v) is 6.66. The number of fused-ring (bicyclic) bond motifs is 2. The minimum absolute atomic E-state index is 0.0882. The number of thioether (sulfide) groups is 1. The van der Waals surface area contributed by atoms with Crippen molar-refractivity contribution < 1.29 is 14.3 Å². The molecule has 2 heterocycles. The van der Waals surface area contributed by atoms with Gasteiger partial charge in [0.05, 0.1) is 10.2 Å². The van der Waals surface area contributed by atoms with Gasteiger partial charge in [0.15, 0.2) is 16.3 Å². The molecule has 1 amide bonds. The second-order valence-corrected chi connectivity index (χ2v) is 8.72. The number of rotatable bonds is 8. The van der Waals surface area contributed by atoms with E-state index in [1.165, 1.54) is 16.9 Å². The molecule has 0 saturated heterocycles. The molecule has 3 aromatic rings. The van der Waals surface area contributed by atoms with Crippen LogP contribution in [0, 0.1) is 0 Å². The van der Waals surface area contributed by atoms with Crippen molar-refractivity contribution in [2.24, 2.45) is 4.99 Å². The summed E-state index contributed by atoms with van der Waals surface area (Å²) < 4.78 is 14.0. The Morgan fingerprint density at radius 3 is 2.83 bits per heavy atom. The lowest BCUT2D eigenvalue weighted by Crippen LogP contribution is -2.16. The fraction of sp³-hybridized carbons (Fsp3) is 0.273. The Bertz CT molecular complexity index is 1090. The van der Waals surface area contributed by atoms with Crippen LogP contribution < -0.4 is 14.3 Å². The van der Waals surface area contributed by atoms with Crippen LogP contribution >= 0.6 is 23.1 Å². The molecule has 0 atom stereocenters. The summed E-state index contributed by atoms with van der Waals surface area (Å²) in [5, 5.41) is 0. The van der Waals surface area contributed by atoms with E-state index in [4.69, 9.17) is 9.47 Å². The lowest BCUT2D eigenvalue weighted by Gasteiger charge is -2.02. The van der Waals surface area contributed by atoms with Gasteiger partial charge in [0.25, 0.3) is 0 Å². The smallest absolute Gasteiger partial charge is 0.248 e. The van der Waals surface area contributed by atoms with Gasteiger partial charge in [-0.1, -0.05) is 47.7 Å². The summed E-state index contributed by atoms with van der Waals surface area (Å²) in [6.07, 6.45) is 3.08. The van der Waals surface area contributed by atoms with Crippen LogP contribution in [-0.4, -0.2) is 23.0 Å². The maximum absolute atomic E-state index is 12.4. The van der Waals surface area contributed by atoms with Gasteiger partial charge in [0.1, 0.15) is 0 Å². The highest BCUT2D eigenvalue weighted by molar-refractivity contribution is 7.98. The van der Waals surface area contributed by atoms with E-state index in [-0.39, 0.29) is 12.7 Å². The van der Waals surface area contributed by atoms with E-state index in [0.717, 1.165) is 39.6 Å². The van der Waals surface area contributed by atoms with Crippen LogP contribution in [0.2, 0.25) is 0 Å². The van der Waals surface area contributed by atoms with Crippen molar-refractivity contribution in [3.05, 3.63) is 65.5 Å². The largest absolute Gasteiger partial charge is 0.454 e. The Morgan fingerprint density at radius 2 is 2.03 bits per heavy atom. The van der Waals surface area contributed by atoms with Crippen LogP contribution in [0.5, 0.6) is 11.5 Å². The molecule has 0 unspecified atom stereocenters. The van der Waals surface area contributed by atoms with Crippen LogP contribution in [0.15, 0.2) is 60.1 Å². The van der Waals surface area contributed by atoms with Gasteiger partial charge in [-0.15, -0.1) is 6.58 Å². The first-order valence-corrected chi connectivity index (χ1v) is 11.4. The number of benzene rings is 2. The summed E-state index contributed by atoms with van der Waals surface area (Å²) >= 11 is 3.33. The minimum Gasteiger partial charge on any atom is -0.454 e. The molecule has 0 N–H and O–H groups in total. The van der Waals surface area contributed by atoms with Crippen LogP contribution in [0.4, 0.5) is 0 Å². The summed E-state index contributed by atoms with van der Waals surface area (Å²) in [7, 11) is 0. The monoisotopic (exact) mass is 426 g/mol. The fourth-order valence-electron chi connectivity index (χ4n) is 3.10. The molecule has 0 spiro atoms. The van der Waals surface area contributed by atoms with E-state index in [1.807, 2.05) is 34.5 Å². The Morgan fingerprint density at radius 1 is 1.24 bits per heavy atom. The first-order chi connectivity index (χ1) is 14.2. The molecule has 1 aliphatic rings. The fourth-order valence-corrected chi connectivity index (χ4v) is 5.09. The molecular weight excluding hydrogens is 404 g/mol. The molecule has 7 heteroatoms. The third kappa shape index (κ3) is 4.74. The van der Waals surface area contributed by atoms with Crippen molar-refractivity contribution >= 4 is 39.2 Å². The average molecular weight is 427 g/mol. The van der Waals surface area contributed by atoms with Gasteiger partial charge in [-0.2, -0.15) is 16.8 Å². The maximum Gasteiger partial charge on any atom is 0.248 e. The van der Waals surface area contributed by atoms with Gasteiger partial charge in [-0.3, -0.25) is 4.79 Å². The summed E-state index contributed by atoms with van der Waals surface area (Å²) in [6.45, 7) is 4.65. The molecule has 0 bridgehead atoms. The van der Waals surface area contributed by atoms with Crippen molar-refractivity contribution in [2.75, 3.05) is 12.5 Å². The Kier molecular flexibility index (Phi) is 6.36. The molecule has 1 aromatic heterocycles. The van der Waals surface area contributed by atoms with Crippen molar-refractivity contribution in [2.45, 2.75) is 25.1 Å². The van der Waals surface area contributed by atoms with Gasteiger partial charge in [0, 0.05) is 30.9 Å². The second-order valence-electron chi connectivity index (χ2n) is 6.60. The van der Waals surface area contributed by atoms with E-state index in [0.29, 0.717) is 17.8 Å². The van der Waals surface area contributed by atoms with Crippen LogP contribution in [0.25, 0.3) is 10.2 Å². The highest BCUT2D eigenvalue weighted by Crippen LogP contribution is 2.37. The minimum atomic E-state index is -0.0882. The lowest BCUT2D eigenvalue weighted by atomic mass is 10.2. The maximum atomic E-state index is 12.4. The predicted octanol–water partition coefficient (Wildman–Crippen LogP) is 4.76. The summed E-state index contributed by atoms with van der Waals surface area (Å²) in [5.41, 5.74) is 2.29. The molecule has 150 valence electrons. The van der Waals surface area contributed by atoms with Crippen LogP contribution in [0.1, 0.15) is 18.4 Å². The summed E-state index contributed by atoms with van der Waals surface area (Å²) in [4.78, 5) is 17.5. The third-order valence-electron chi connectivity index (χ3n) is 4.50. The zero-order valence-electron chi connectivity index (χ0n) is 16.0. The quantitative estimate of drug-likeness (QED) is 0.385. The molecule has 0 saturated carbocycles. The van der Waals surface area contributed by atoms with Gasteiger partial charge < -0.3 is 14.0 Å². The van der Waals surface area contributed by atoms with Crippen molar-refractivity contribution in [3.63, 3.8) is 0 Å². The van der Waals surface area contributed by atoms with Gasteiger partial charge in [-0.05, 0) is 17.7 Å². The van der Waals surface area contributed by atoms with Gasteiger partial charge in [-0.25, -0.2) is 0 Å². The number of nitrogens with zero attached hydrogens (tertiary/aromatic N) is 2. The highest BCUT2D eigenvalue weighted by atomic mass is 32.2. The number of aromatic nitrogens is 1. The average Bonchev–Trinajstić information content (AvgIpc) is 3.31. The molecular formula is C22H22N2O3S2. The SMILES string of the molecule is C=CCn1c(=NC(=O)CCCSCc2ccccc2)sc2cc3c(cc21)OCO3.